The second kappa shape index (κ2) is 8.04. The number of benzene rings is 1. The Labute approximate surface area is 158 Å². The Balaban J connectivity index is 1.59. The highest BCUT2D eigenvalue weighted by molar-refractivity contribution is 7.14. The summed E-state index contributed by atoms with van der Waals surface area (Å²) in [5.74, 6) is -0.0568. The SMILES string of the molecule is CCc1cccc(C)c1NC(=O)COC(=O)c1cc2c(s1)CC[C@H](C)C2. The van der Waals surface area contributed by atoms with Crippen molar-refractivity contribution in [2.45, 2.75) is 46.5 Å². The van der Waals surface area contributed by atoms with Gasteiger partial charge in [0, 0.05) is 10.6 Å². The van der Waals surface area contributed by atoms with Crippen LogP contribution in [0.15, 0.2) is 24.3 Å². The molecule has 5 heteroatoms. The molecular formula is C21H25NO3S. The molecule has 1 atom stereocenters. The molecule has 1 aromatic carbocycles. The van der Waals surface area contributed by atoms with Gasteiger partial charge in [-0.15, -0.1) is 11.3 Å². The minimum Gasteiger partial charge on any atom is -0.451 e. The van der Waals surface area contributed by atoms with Crippen molar-refractivity contribution in [1.29, 1.82) is 0 Å². The quantitative estimate of drug-likeness (QED) is 0.785. The Kier molecular flexibility index (Phi) is 5.77. The lowest BCUT2D eigenvalue weighted by Gasteiger charge is -2.16. The fraction of sp³-hybridized carbons (Fsp3) is 0.429. The molecule has 26 heavy (non-hydrogen) atoms. The van der Waals surface area contributed by atoms with Gasteiger partial charge < -0.3 is 10.1 Å². The molecule has 0 saturated heterocycles. The number of thiophene rings is 1. The van der Waals surface area contributed by atoms with Crippen LogP contribution in [0, 0.1) is 12.8 Å². The molecule has 0 saturated carbocycles. The van der Waals surface area contributed by atoms with Crippen LogP contribution in [0.25, 0.3) is 0 Å². The van der Waals surface area contributed by atoms with Crippen molar-refractivity contribution >= 4 is 28.9 Å². The zero-order chi connectivity index (χ0) is 18.7. The van der Waals surface area contributed by atoms with Gasteiger partial charge in [0.05, 0.1) is 0 Å². The summed E-state index contributed by atoms with van der Waals surface area (Å²) >= 11 is 1.50. The Morgan fingerprint density at radius 3 is 2.92 bits per heavy atom. The van der Waals surface area contributed by atoms with Gasteiger partial charge in [0.15, 0.2) is 6.61 Å². The van der Waals surface area contributed by atoms with Crippen LogP contribution >= 0.6 is 11.3 Å². The number of carbonyl (C=O) groups is 2. The van der Waals surface area contributed by atoms with Crippen molar-refractivity contribution in [1.82, 2.24) is 0 Å². The van der Waals surface area contributed by atoms with Gasteiger partial charge in [-0.25, -0.2) is 4.79 Å². The van der Waals surface area contributed by atoms with Crippen LogP contribution in [0.1, 0.15) is 51.5 Å². The first-order valence-corrected chi connectivity index (χ1v) is 9.96. The van der Waals surface area contributed by atoms with E-state index in [0.29, 0.717) is 10.8 Å². The lowest BCUT2D eigenvalue weighted by atomic mass is 9.90. The first-order valence-electron chi connectivity index (χ1n) is 9.15. The van der Waals surface area contributed by atoms with Crippen LogP contribution in [0.2, 0.25) is 0 Å². The molecule has 1 amide bonds. The van der Waals surface area contributed by atoms with Gasteiger partial charge in [-0.3, -0.25) is 4.79 Å². The lowest BCUT2D eigenvalue weighted by Crippen LogP contribution is -2.21. The molecule has 1 aliphatic carbocycles. The van der Waals surface area contributed by atoms with E-state index in [-0.39, 0.29) is 12.5 Å². The molecule has 0 bridgehead atoms. The molecule has 0 spiro atoms. The van der Waals surface area contributed by atoms with Crippen LogP contribution in [-0.4, -0.2) is 18.5 Å². The molecule has 1 aliphatic rings. The fourth-order valence-electron chi connectivity index (χ4n) is 3.39. The number of ether oxygens (including phenoxy) is 1. The fourth-order valence-corrected chi connectivity index (χ4v) is 4.49. The molecule has 138 valence electrons. The number of fused-ring (bicyclic) bond motifs is 1. The molecule has 1 heterocycles. The number of rotatable bonds is 5. The van der Waals surface area contributed by atoms with E-state index in [1.807, 2.05) is 38.1 Å². The molecule has 0 fully saturated rings. The number of nitrogens with one attached hydrogen (secondary N) is 1. The molecule has 2 aromatic rings. The van der Waals surface area contributed by atoms with E-state index in [1.165, 1.54) is 28.2 Å². The number of carbonyl (C=O) groups excluding carboxylic acids is 2. The van der Waals surface area contributed by atoms with Crippen LogP contribution in [0.3, 0.4) is 0 Å². The van der Waals surface area contributed by atoms with E-state index in [0.717, 1.165) is 36.1 Å². The van der Waals surface area contributed by atoms with Crippen LogP contribution in [0.5, 0.6) is 0 Å². The number of para-hydroxylation sites is 1. The first-order chi connectivity index (χ1) is 12.5. The van der Waals surface area contributed by atoms with Crippen molar-refractivity contribution in [2.75, 3.05) is 11.9 Å². The number of hydrogen-bond acceptors (Lipinski definition) is 4. The van der Waals surface area contributed by atoms with E-state index in [9.17, 15) is 9.59 Å². The van der Waals surface area contributed by atoms with Crippen LogP contribution in [-0.2, 0) is 28.8 Å². The molecule has 1 aromatic heterocycles. The normalized spacial score (nSPS) is 16.0. The third-order valence-corrected chi connectivity index (χ3v) is 6.09. The Morgan fingerprint density at radius 2 is 2.15 bits per heavy atom. The van der Waals surface area contributed by atoms with E-state index in [4.69, 9.17) is 4.74 Å². The summed E-state index contributed by atoms with van der Waals surface area (Å²) in [6.45, 7) is 5.97. The number of aryl methyl sites for hydroxylation is 3. The third-order valence-electron chi connectivity index (χ3n) is 4.87. The maximum Gasteiger partial charge on any atom is 0.348 e. The largest absolute Gasteiger partial charge is 0.451 e. The summed E-state index contributed by atoms with van der Waals surface area (Å²) < 4.78 is 5.24. The zero-order valence-electron chi connectivity index (χ0n) is 15.6. The minimum absolute atomic E-state index is 0.269. The highest BCUT2D eigenvalue weighted by Gasteiger charge is 2.22. The maximum atomic E-state index is 12.3. The predicted molar refractivity (Wildman–Crippen MR) is 105 cm³/mol. The molecular weight excluding hydrogens is 346 g/mol. The van der Waals surface area contributed by atoms with Gasteiger partial charge >= 0.3 is 5.97 Å². The predicted octanol–water partition coefficient (Wildman–Crippen LogP) is 4.54. The van der Waals surface area contributed by atoms with Gasteiger partial charge in [-0.05, 0) is 61.3 Å². The number of amides is 1. The van der Waals surface area contributed by atoms with Crippen molar-refractivity contribution in [2.24, 2.45) is 5.92 Å². The summed E-state index contributed by atoms with van der Waals surface area (Å²) in [5, 5.41) is 2.88. The van der Waals surface area contributed by atoms with E-state index < -0.39 is 5.97 Å². The monoisotopic (exact) mass is 371 g/mol. The van der Waals surface area contributed by atoms with Crippen molar-refractivity contribution < 1.29 is 14.3 Å². The standard InChI is InChI=1S/C21H25NO3S/c1-4-15-7-5-6-14(3)20(15)22-19(23)12-25-21(24)18-11-16-10-13(2)8-9-17(16)26-18/h5-7,11,13H,4,8-10,12H2,1-3H3,(H,22,23)/t13-/m0/s1. The maximum absolute atomic E-state index is 12.3. The summed E-state index contributed by atoms with van der Waals surface area (Å²) in [5.41, 5.74) is 4.16. The average Bonchev–Trinajstić information content (AvgIpc) is 3.04. The second-order valence-corrected chi connectivity index (χ2v) is 8.13. The van der Waals surface area contributed by atoms with Gasteiger partial charge in [0.1, 0.15) is 4.88 Å². The lowest BCUT2D eigenvalue weighted by molar-refractivity contribution is -0.119. The Hall–Kier alpha value is -2.14. The highest BCUT2D eigenvalue weighted by atomic mass is 32.1. The highest BCUT2D eigenvalue weighted by Crippen LogP contribution is 2.32. The number of esters is 1. The summed E-state index contributed by atoms with van der Waals surface area (Å²) in [6, 6.07) is 7.86. The van der Waals surface area contributed by atoms with Crippen LogP contribution in [0.4, 0.5) is 5.69 Å². The Bertz CT molecular complexity index is 825. The Morgan fingerprint density at radius 1 is 1.35 bits per heavy atom. The molecule has 4 nitrogen and oxygen atoms in total. The topological polar surface area (TPSA) is 55.4 Å². The molecule has 0 radical (unpaired) electrons. The smallest absolute Gasteiger partial charge is 0.348 e. The van der Waals surface area contributed by atoms with Crippen molar-refractivity contribution in [3.05, 3.63) is 50.7 Å². The summed E-state index contributed by atoms with van der Waals surface area (Å²) in [6.07, 6.45) is 4.05. The van der Waals surface area contributed by atoms with Gasteiger partial charge in [0.25, 0.3) is 5.91 Å². The first kappa shape index (κ1) is 18.6. The van der Waals surface area contributed by atoms with E-state index in [1.54, 1.807) is 0 Å². The summed E-state index contributed by atoms with van der Waals surface area (Å²) in [7, 11) is 0. The van der Waals surface area contributed by atoms with Crippen LogP contribution < -0.4 is 5.32 Å². The zero-order valence-corrected chi connectivity index (χ0v) is 16.4. The molecule has 0 aliphatic heterocycles. The van der Waals surface area contributed by atoms with Gasteiger partial charge in [-0.1, -0.05) is 32.0 Å². The summed E-state index contributed by atoms with van der Waals surface area (Å²) in [4.78, 5) is 26.4. The number of hydrogen-bond donors (Lipinski definition) is 1. The van der Waals surface area contributed by atoms with E-state index >= 15 is 0 Å². The van der Waals surface area contributed by atoms with Crippen molar-refractivity contribution in [3.63, 3.8) is 0 Å². The average molecular weight is 372 g/mol. The number of anilines is 1. The van der Waals surface area contributed by atoms with E-state index in [2.05, 4.69) is 12.2 Å². The minimum atomic E-state index is -0.410. The second-order valence-electron chi connectivity index (χ2n) is 6.99. The van der Waals surface area contributed by atoms with Crippen molar-refractivity contribution in [3.8, 4) is 0 Å². The van der Waals surface area contributed by atoms with Gasteiger partial charge in [-0.2, -0.15) is 0 Å². The van der Waals surface area contributed by atoms with Gasteiger partial charge in [0.2, 0.25) is 0 Å². The molecule has 3 rings (SSSR count). The molecule has 1 N–H and O–H groups in total. The molecule has 0 unspecified atom stereocenters. The third kappa shape index (κ3) is 4.15.